The lowest BCUT2D eigenvalue weighted by Crippen LogP contribution is -2.40. The molecule has 0 fully saturated rings. The van der Waals surface area contributed by atoms with E-state index in [1.807, 2.05) is 47.8 Å². The first-order valence-corrected chi connectivity index (χ1v) is 9.32. The second kappa shape index (κ2) is 7.07. The molecule has 0 aliphatic carbocycles. The highest BCUT2D eigenvalue weighted by Gasteiger charge is 2.25. The van der Waals surface area contributed by atoms with Crippen LogP contribution in [0.25, 0.3) is 21.8 Å². The van der Waals surface area contributed by atoms with Gasteiger partial charge in [0, 0.05) is 23.1 Å². The summed E-state index contributed by atoms with van der Waals surface area (Å²) < 4.78 is 5.49. The van der Waals surface area contributed by atoms with E-state index in [2.05, 4.69) is 0 Å². The first-order chi connectivity index (χ1) is 12.7. The van der Waals surface area contributed by atoms with Gasteiger partial charge in [-0.2, -0.15) is 0 Å². The highest BCUT2D eigenvalue weighted by atomic mass is 35.5. The summed E-state index contributed by atoms with van der Waals surface area (Å²) in [6.45, 7) is 0.114. The van der Waals surface area contributed by atoms with Gasteiger partial charge in [-0.25, -0.2) is 4.98 Å². The van der Waals surface area contributed by atoms with Crippen molar-refractivity contribution in [3.05, 3.63) is 52.9 Å². The number of anilines is 1. The molecule has 0 saturated carbocycles. The molecule has 132 valence electrons. The number of aliphatic hydroxyl groups excluding tert-OH is 1. The maximum Gasteiger partial charge on any atom is 0.265 e. The van der Waals surface area contributed by atoms with Crippen LogP contribution in [0, 0.1) is 0 Å². The van der Waals surface area contributed by atoms with E-state index in [1.165, 1.54) is 11.3 Å². The Morgan fingerprint density at radius 2 is 2.12 bits per heavy atom. The Bertz CT molecular complexity index is 973. The van der Waals surface area contributed by atoms with Gasteiger partial charge in [0.15, 0.2) is 6.61 Å². The Balaban J connectivity index is 1.72. The number of aromatic nitrogens is 1. The molecule has 26 heavy (non-hydrogen) atoms. The van der Waals surface area contributed by atoms with Crippen LogP contribution in [0.1, 0.15) is 0 Å². The summed E-state index contributed by atoms with van der Waals surface area (Å²) in [6, 6.07) is 13.2. The van der Waals surface area contributed by atoms with Crippen molar-refractivity contribution in [2.24, 2.45) is 0 Å². The number of β-amino-alcohol motifs (C(OH)–C–C–N with tert-alkyl or cyclic N) is 1. The number of halogens is 1. The quantitative estimate of drug-likeness (QED) is 0.739. The fourth-order valence-electron chi connectivity index (χ4n) is 2.87. The highest BCUT2D eigenvalue weighted by molar-refractivity contribution is 7.13. The molecule has 1 amide bonds. The zero-order chi connectivity index (χ0) is 18.1. The molecule has 0 bridgehead atoms. The molecule has 0 saturated heterocycles. The largest absolute Gasteiger partial charge is 0.482 e. The van der Waals surface area contributed by atoms with Gasteiger partial charge in [-0.15, -0.1) is 11.3 Å². The van der Waals surface area contributed by atoms with E-state index in [4.69, 9.17) is 21.3 Å². The number of nitrogens with zero attached hydrogens (tertiary/aromatic N) is 2. The van der Waals surface area contributed by atoms with Crippen molar-refractivity contribution in [3.8, 4) is 27.6 Å². The van der Waals surface area contributed by atoms with Crippen molar-refractivity contribution >= 4 is 34.5 Å². The van der Waals surface area contributed by atoms with E-state index in [9.17, 15) is 9.90 Å². The topological polar surface area (TPSA) is 62.7 Å². The number of hydrogen-bond acceptors (Lipinski definition) is 5. The van der Waals surface area contributed by atoms with Crippen LogP contribution in [0.15, 0.2) is 47.8 Å². The zero-order valence-electron chi connectivity index (χ0n) is 13.7. The van der Waals surface area contributed by atoms with Crippen molar-refractivity contribution < 1.29 is 14.6 Å². The summed E-state index contributed by atoms with van der Waals surface area (Å²) in [5, 5.41) is 12.7. The van der Waals surface area contributed by atoms with Gasteiger partial charge in [-0.3, -0.25) is 4.79 Å². The molecule has 5 nitrogen and oxygen atoms in total. The molecule has 2 aromatic carbocycles. The lowest BCUT2D eigenvalue weighted by molar-refractivity contribution is -0.121. The summed E-state index contributed by atoms with van der Waals surface area (Å²) in [5.41, 5.74) is 3.22. The second-order valence-electron chi connectivity index (χ2n) is 5.76. The molecule has 1 aliphatic heterocycles. The normalized spacial score (nSPS) is 13.5. The predicted molar refractivity (Wildman–Crippen MR) is 103 cm³/mol. The average molecular weight is 387 g/mol. The third kappa shape index (κ3) is 3.07. The highest BCUT2D eigenvalue weighted by Crippen LogP contribution is 2.38. The summed E-state index contributed by atoms with van der Waals surface area (Å²) >= 11 is 7.77. The van der Waals surface area contributed by atoms with Gasteiger partial charge in [0.05, 0.1) is 23.0 Å². The maximum atomic E-state index is 12.1. The molecule has 1 aliphatic rings. The summed E-state index contributed by atoms with van der Waals surface area (Å²) in [7, 11) is 0. The third-order valence-electron chi connectivity index (χ3n) is 4.13. The van der Waals surface area contributed by atoms with E-state index in [1.54, 1.807) is 4.90 Å². The first-order valence-electron chi connectivity index (χ1n) is 8.06. The van der Waals surface area contributed by atoms with Crippen LogP contribution in [-0.4, -0.2) is 35.8 Å². The van der Waals surface area contributed by atoms with Crippen molar-refractivity contribution in [2.75, 3.05) is 24.7 Å². The Morgan fingerprint density at radius 3 is 2.92 bits per heavy atom. The van der Waals surface area contributed by atoms with Crippen LogP contribution < -0.4 is 9.64 Å². The molecular weight excluding hydrogens is 372 g/mol. The maximum absolute atomic E-state index is 12.1. The van der Waals surface area contributed by atoms with Gasteiger partial charge in [-0.1, -0.05) is 29.8 Å². The average Bonchev–Trinajstić information content (AvgIpc) is 3.14. The molecule has 2 heterocycles. The molecule has 1 aromatic heterocycles. The summed E-state index contributed by atoms with van der Waals surface area (Å²) in [4.78, 5) is 18.3. The molecule has 0 spiro atoms. The Morgan fingerprint density at radius 1 is 1.27 bits per heavy atom. The Labute approximate surface area is 159 Å². The number of thiazole rings is 1. The van der Waals surface area contributed by atoms with E-state index < -0.39 is 0 Å². The monoisotopic (exact) mass is 386 g/mol. The lowest BCUT2D eigenvalue weighted by atomic mass is 10.1. The van der Waals surface area contributed by atoms with Gasteiger partial charge < -0.3 is 14.7 Å². The number of rotatable bonds is 4. The molecule has 0 atom stereocenters. The standard InChI is InChI=1S/C19H15ClN2O3S/c20-14-4-2-1-3-13(14)19-21-15(11-26-19)12-5-6-17-16(9-12)22(7-8-23)18(24)10-25-17/h1-6,9,11,23H,7-8,10H2. The van der Waals surface area contributed by atoms with Crippen LogP contribution in [-0.2, 0) is 4.79 Å². The molecule has 0 radical (unpaired) electrons. The van der Waals surface area contributed by atoms with Gasteiger partial charge in [0.25, 0.3) is 5.91 Å². The lowest BCUT2D eigenvalue weighted by Gasteiger charge is -2.29. The van der Waals surface area contributed by atoms with Gasteiger partial charge in [-0.05, 0) is 24.3 Å². The number of ether oxygens (including phenoxy) is 1. The van der Waals surface area contributed by atoms with Gasteiger partial charge in [0.1, 0.15) is 10.8 Å². The number of carbonyl (C=O) groups is 1. The van der Waals surface area contributed by atoms with Gasteiger partial charge in [0.2, 0.25) is 0 Å². The molecule has 1 N–H and O–H groups in total. The minimum atomic E-state index is -0.168. The Kier molecular flexibility index (Phi) is 4.63. The van der Waals surface area contributed by atoms with E-state index in [-0.39, 0.29) is 25.7 Å². The summed E-state index contributed by atoms with van der Waals surface area (Å²) in [5.74, 6) is 0.460. The molecule has 0 unspecified atom stereocenters. The minimum absolute atomic E-state index is 0.0142. The van der Waals surface area contributed by atoms with Gasteiger partial charge >= 0.3 is 0 Å². The minimum Gasteiger partial charge on any atom is -0.482 e. The van der Waals surface area contributed by atoms with Crippen LogP contribution in [0.4, 0.5) is 5.69 Å². The van der Waals surface area contributed by atoms with E-state index in [0.717, 1.165) is 21.8 Å². The van der Waals surface area contributed by atoms with Crippen LogP contribution >= 0.6 is 22.9 Å². The number of aliphatic hydroxyl groups is 1. The number of fused-ring (bicyclic) bond motifs is 1. The number of amides is 1. The van der Waals surface area contributed by atoms with Crippen LogP contribution in [0.5, 0.6) is 5.75 Å². The number of benzene rings is 2. The number of hydrogen-bond donors (Lipinski definition) is 1. The molecular formula is C19H15ClN2O3S. The zero-order valence-corrected chi connectivity index (χ0v) is 15.3. The SMILES string of the molecule is O=C1COc2ccc(-c3csc(-c4ccccc4Cl)n3)cc2N1CCO. The molecule has 7 heteroatoms. The Hall–Kier alpha value is -2.41. The van der Waals surface area contributed by atoms with Crippen molar-refractivity contribution in [3.63, 3.8) is 0 Å². The smallest absolute Gasteiger partial charge is 0.265 e. The number of carbonyl (C=O) groups excluding carboxylic acids is 1. The third-order valence-corrected chi connectivity index (χ3v) is 5.33. The van der Waals surface area contributed by atoms with Crippen molar-refractivity contribution in [1.82, 2.24) is 4.98 Å². The fraction of sp³-hybridized carbons (Fsp3) is 0.158. The molecule has 4 rings (SSSR count). The summed E-state index contributed by atoms with van der Waals surface area (Å²) in [6.07, 6.45) is 0. The van der Waals surface area contributed by atoms with E-state index >= 15 is 0 Å². The fourth-order valence-corrected chi connectivity index (χ4v) is 4.02. The van der Waals surface area contributed by atoms with Crippen LogP contribution in [0.3, 0.4) is 0 Å². The van der Waals surface area contributed by atoms with Crippen molar-refractivity contribution in [2.45, 2.75) is 0 Å². The predicted octanol–water partition coefficient (Wildman–Crippen LogP) is 3.85. The van der Waals surface area contributed by atoms with Crippen LogP contribution in [0.2, 0.25) is 5.02 Å². The van der Waals surface area contributed by atoms with Crippen molar-refractivity contribution in [1.29, 1.82) is 0 Å². The second-order valence-corrected chi connectivity index (χ2v) is 7.02. The first kappa shape index (κ1) is 17.0. The molecule has 3 aromatic rings. The van der Waals surface area contributed by atoms with E-state index in [0.29, 0.717) is 16.5 Å².